The molecule has 2 aliphatic carbocycles. The molecule has 3 nitrogen and oxygen atoms in total. The van der Waals surface area contributed by atoms with Crippen LogP contribution >= 0.6 is 0 Å². The summed E-state index contributed by atoms with van der Waals surface area (Å²) in [5.41, 5.74) is -0.374. The highest BCUT2D eigenvalue weighted by atomic mass is 28.4. The van der Waals surface area contributed by atoms with Gasteiger partial charge in [0.25, 0.3) is 0 Å². The van der Waals surface area contributed by atoms with Crippen molar-refractivity contribution in [2.45, 2.75) is 77.6 Å². The van der Waals surface area contributed by atoms with Crippen molar-refractivity contribution in [2.75, 3.05) is 0 Å². The van der Waals surface area contributed by atoms with Crippen molar-refractivity contribution in [3.8, 4) is 6.07 Å². The average molecular weight is 308 g/mol. The van der Waals surface area contributed by atoms with Gasteiger partial charge in [0.2, 0.25) is 0 Å². The molecule has 0 spiro atoms. The lowest BCUT2D eigenvalue weighted by Gasteiger charge is -2.49. The summed E-state index contributed by atoms with van der Waals surface area (Å²) in [6.07, 6.45) is 5.28. The van der Waals surface area contributed by atoms with E-state index in [-0.39, 0.29) is 11.3 Å². The van der Waals surface area contributed by atoms with Gasteiger partial charge in [-0.25, -0.2) is 0 Å². The van der Waals surface area contributed by atoms with Crippen LogP contribution in [0.1, 0.15) is 52.4 Å². The van der Waals surface area contributed by atoms with Crippen molar-refractivity contribution in [3.05, 3.63) is 0 Å². The second kappa shape index (κ2) is 5.51. The van der Waals surface area contributed by atoms with E-state index >= 15 is 0 Å². The summed E-state index contributed by atoms with van der Waals surface area (Å²) in [5, 5.41) is 9.31. The second-order valence-corrected chi connectivity index (χ2v) is 12.8. The van der Waals surface area contributed by atoms with Gasteiger partial charge in [-0.2, -0.15) is 5.26 Å². The molecule has 0 aliphatic heterocycles. The molecule has 2 fully saturated rings. The molecule has 2 aliphatic rings. The van der Waals surface area contributed by atoms with Crippen LogP contribution in [0.5, 0.6) is 0 Å². The number of fused-ring (bicyclic) bond motifs is 1. The van der Waals surface area contributed by atoms with Gasteiger partial charge in [-0.1, -0.05) is 6.92 Å². The van der Waals surface area contributed by atoms with Gasteiger partial charge in [0.1, 0.15) is 5.78 Å². The van der Waals surface area contributed by atoms with Gasteiger partial charge in [0.05, 0.1) is 18.1 Å². The number of nitriles is 1. The topological polar surface area (TPSA) is 50.1 Å². The van der Waals surface area contributed by atoms with Crippen molar-refractivity contribution in [1.82, 2.24) is 0 Å². The van der Waals surface area contributed by atoms with E-state index in [0.29, 0.717) is 18.1 Å². The van der Waals surface area contributed by atoms with E-state index in [1.807, 2.05) is 0 Å². The Labute approximate surface area is 130 Å². The fraction of sp³-hybridized carbons (Fsp3) is 0.882. The number of hydrogen-bond donors (Lipinski definition) is 0. The first kappa shape index (κ1) is 16.7. The van der Waals surface area contributed by atoms with E-state index in [2.05, 4.69) is 39.6 Å². The largest absolute Gasteiger partial charge is 0.411 e. The molecule has 4 heteroatoms. The van der Waals surface area contributed by atoms with Gasteiger partial charge in [-0.3, -0.25) is 4.79 Å². The molecule has 0 unspecified atom stereocenters. The van der Waals surface area contributed by atoms with Gasteiger partial charge in [-0.05, 0) is 63.6 Å². The summed E-state index contributed by atoms with van der Waals surface area (Å²) in [7, 11) is -1.74. The Balaban J connectivity index is 2.33. The fourth-order valence-electron chi connectivity index (χ4n) is 5.02. The third-order valence-electron chi connectivity index (χ3n) is 5.57. The third-order valence-corrected chi connectivity index (χ3v) is 6.65. The molecule has 0 aromatic rings. The molecule has 0 bridgehead atoms. The maximum atomic E-state index is 12.3. The molecule has 0 aromatic carbocycles. The minimum atomic E-state index is -1.74. The number of nitrogens with zero attached hydrogens (tertiary/aromatic N) is 1. The van der Waals surface area contributed by atoms with E-state index in [1.165, 1.54) is 0 Å². The van der Waals surface area contributed by atoms with Gasteiger partial charge in [-0.15, -0.1) is 0 Å². The molecule has 21 heavy (non-hydrogen) atoms. The highest BCUT2D eigenvalue weighted by Crippen LogP contribution is 2.59. The van der Waals surface area contributed by atoms with E-state index in [9.17, 15) is 10.1 Å². The molecule has 4 atom stereocenters. The molecule has 2 saturated carbocycles. The molecule has 0 amide bonds. The summed E-state index contributed by atoms with van der Waals surface area (Å²) >= 11 is 0. The van der Waals surface area contributed by atoms with Crippen LogP contribution in [-0.4, -0.2) is 19.7 Å². The Morgan fingerprint density at radius 2 is 2.10 bits per heavy atom. The Morgan fingerprint density at radius 1 is 1.43 bits per heavy atom. The quantitative estimate of drug-likeness (QED) is 0.728. The lowest BCUT2D eigenvalue weighted by Crippen LogP contribution is -2.52. The minimum Gasteiger partial charge on any atom is -0.411 e. The zero-order chi connectivity index (χ0) is 15.9. The van der Waals surface area contributed by atoms with Gasteiger partial charge >= 0.3 is 0 Å². The summed E-state index contributed by atoms with van der Waals surface area (Å²) in [4.78, 5) is 12.3. The first-order valence-electron chi connectivity index (χ1n) is 8.22. The van der Waals surface area contributed by atoms with Crippen LogP contribution in [0.2, 0.25) is 19.6 Å². The average Bonchev–Trinajstić information content (AvgIpc) is 2.66. The lowest BCUT2D eigenvalue weighted by molar-refractivity contribution is -0.132. The van der Waals surface area contributed by atoms with E-state index in [1.54, 1.807) is 0 Å². The fourth-order valence-corrected chi connectivity index (χ4v) is 6.63. The lowest BCUT2D eigenvalue weighted by atomic mass is 9.61. The van der Waals surface area contributed by atoms with E-state index in [0.717, 1.165) is 32.1 Å². The number of rotatable bonds is 4. The Bertz CT molecular complexity index is 464. The number of hydrogen-bond acceptors (Lipinski definition) is 3. The SMILES string of the molecule is C[C@]12CCCC(=O)[C@@H]1CC[C@@H]2[C@](C)(CC#N)O[Si](C)(C)C. The number of carbonyl (C=O) groups is 1. The van der Waals surface area contributed by atoms with Crippen LogP contribution in [0.4, 0.5) is 0 Å². The number of Topliss-reactive ketones (excluding diaryl/α,β-unsaturated/α-hetero) is 1. The second-order valence-electron chi connectivity index (χ2n) is 8.37. The van der Waals surface area contributed by atoms with Crippen LogP contribution in [0, 0.1) is 28.6 Å². The number of carbonyl (C=O) groups excluding carboxylic acids is 1. The molecular weight excluding hydrogens is 278 g/mol. The Hall–Kier alpha value is -0.663. The molecular formula is C17H29NO2Si. The molecule has 0 heterocycles. The maximum Gasteiger partial charge on any atom is 0.184 e. The van der Waals surface area contributed by atoms with Crippen LogP contribution in [0.15, 0.2) is 0 Å². The van der Waals surface area contributed by atoms with E-state index < -0.39 is 13.9 Å². The van der Waals surface area contributed by atoms with E-state index in [4.69, 9.17) is 4.43 Å². The minimum absolute atomic E-state index is 0.0284. The molecule has 0 radical (unpaired) electrons. The van der Waals surface area contributed by atoms with Crippen LogP contribution < -0.4 is 0 Å². The van der Waals surface area contributed by atoms with Gasteiger partial charge < -0.3 is 4.43 Å². The zero-order valence-corrected chi connectivity index (χ0v) is 15.2. The summed E-state index contributed by atoms with van der Waals surface area (Å²) in [5.74, 6) is 0.962. The van der Waals surface area contributed by atoms with Crippen LogP contribution in [0.25, 0.3) is 0 Å². The first-order chi connectivity index (χ1) is 9.62. The highest BCUT2D eigenvalue weighted by molar-refractivity contribution is 6.69. The predicted octanol–water partition coefficient (Wildman–Crippen LogP) is 4.30. The van der Waals surface area contributed by atoms with Crippen LogP contribution in [-0.2, 0) is 9.22 Å². The molecule has 0 N–H and O–H groups in total. The monoisotopic (exact) mass is 307 g/mol. The normalized spacial score (nSPS) is 35.9. The summed E-state index contributed by atoms with van der Waals surface area (Å²) < 4.78 is 6.50. The number of ketones is 1. The summed E-state index contributed by atoms with van der Waals surface area (Å²) in [6, 6.07) is 2.34. The molecule has 0 aromatic heterocycles. The van der Waals surface area contributed by atoms with Crippen molar-refractivity contribution in [3.63, 3.8) is 0 Å². The Kier molecular flexibility index (Phi) is 4.39. The van der Waals surface area contributed by atoms with Crippen molar-refractivity contribution >= 4 is 14.1 Å². The standard InChI is InChI=1S/C17H29NO2Si/c1-16-10-6-7-14(19)13(16)8-9-15(16)17(2,11-12-18)20-21(3,4)5/h13,15H,6-11H2,1-5H3/t13-,15-,16-,17-/m0/s1. The molecule has 118 valence electrons. The summed E-state index contributed by atoms with van der Waals surface area (Å²) in [6.45, 7) is 10.9. The smallest absolute Gasteiger partial charge is 0.184 e. The predicted molar refractivity (Wildman–Crippen MR) is 86.2 cm³/mol. The molecule has 2 rings (SSSR count). The van der Waals surface area contributed by atoms with Crippen molar-refractivity contribution < 1.29 is 9.22 Å². The zero-order valence-electron chi connectivity index (χ0n) is 14.2. The molecule has 0 saturated heterocycles. The first-order valence-corrected chi connectivity index (χ1v) is 11.6. The Morgan fingerprint density at radius 3 is 2.67 bits per heavy atom. The van der Waals surface area contributed by atoms with Crippen molar-refractivity contribution in [2.24, 2.45) is 17.3 Å². The maximum absolute atomic E-state index is 12.3. The highest BCUT2D eigenvalue weighted by Gasteiger charge is 2.57. The van der Waals surface area contributed by atoms with Crippen LogP contribution in [0.3, 0.4) is 0 Å². The van der Waals surface area contributed by atoms with Gasteiger partial charge in [0.15, 0.2) is 8.32 Å². The third kappa shape index (κ3) is 3.09. The van der Waals surface area contributed by atoms with Gasteiger partial charge in [0, 0.05) is 12.3 Å². The van der Waals surface area contributed by atoms with Crippen molar-refractivity contribution in [1.29, 1.82) is 5.26 Å².